The summed E-state index contributed by atoms with van der Waals surface area (Å²) in [7, 11) is 5.20. The molecule has 42 heavy (non-hydrogen) atoms. The van der Waals surface area contributed by atoms with E-state index in [2.05, 4.69) is 0 Å². The Morgan fingerprint density at radius 3 is 0.667 bits per heavy atom. The minimum absolute atomic E-state index is 0. The number of nitrogens with zero attached hydrogens (tertiary/aromatic N) is 3. The van der Waals surface area contributed by atoms with Crippen LogP contribution in [0.2, 0.25) is 0 Å². The van der Waals surface area contributed by atoms with Gasteiger partial charge in [-0.25, -0.2) is 13.7 Å². The van der Waals surface area contributed by atoms with Gasteiger partial charge in [-0.2, -0.15) is 0 Å². The van der Waals surface area contributed by atoms with Crippen LogP contribution in [-0.4, -0.2) is 54.8 Å². The number of aryl methyl sites for hydroxylation is 3. The predicted octanol–water partition coefficient (Wildman–Crippen LogP) is -11.5. The second-order valence-corrected chi connectivity index (χ2v) is 6.62. The van der Waals surface area contributed by atoms with E-state index in [1.807, 2.05) is 0 Å². The third-order valence-electron chi connectivity index (χ3n) is 4.59. The van der Waals surface area contributed by atoms with Gasteiger partial charge in [0.25, 0.3) is 0 Å². The van der Waals surface area contributed by atoms with Gasteiger partial charge in [-0.15, -0.1) is 17.2 Å². The topological polar surface area (TPSA) is 494 Å². The van der Waals surface area contributed by atoms with Crippen molar-refractivity contribution >= 4 is 0 Å². The Morgan fingerprint density at radius 2 is 0.548 bits per heavy atom. The van der Waals surface area contributed by atoms with Gasteiger partial charge in [-0.05, 0) is 35.4 Å². The van der Waals surface area contributed by atoms with Gasteiger partial charge in [0.15, 0.2) is 35.7 Å². The molecule has 20 nitrogen and oxygen atoms in total. The first-order valence-corrected chi connectivity index (χ1v) is 8.88. The van der Waals surface area contributed by atoms with Gasteiger partial charge in [-0.1, -0.05) is 0 Å². The Kier molecular flexibility index (Phi) is 62.0. The normalized spacial score (nSPS) is 7.00. The van der Waals surface area contributed by atoms with Crippen molar-refractivity contribution in [3.63, 3.8) is 0 Å². The van der Waals surface area contributed by atoms with E-state index in [9.17, 15) is 30.6 Å². The minimum Gasteiger partial charge on any atom is -2.00 e. The maximum absolute atomic E-state index is 10.9. The second kappa shape index (κ2) is 33.8. The van der Waals surface area contributed by atoms with E-state index in [4.69, 9.17) is 0 Å². The number of aromatic nitrogens is 3. The molecule has 0 fully saturated rings. The quantitative estimate of drug-likeness (QED) is 0.199. The van der Waals surface area contributed by atoms with E-state index in [0.717, 1.165) is 0 Å². The summed E-state index contributed by atoms with van der Waals surface area (Å²) in [6, 6.07) is 3.82. The van der Waals surface area contributed by atoms with E-state index >= 15 is 0 Å². The van der Waals surface area contributed by atoms with Gasteiger partial charge in [0.05, 0.1) is 0 Å². The summed E-state index contributed by atoms with van der Waals surface area (Å²) < 4.78 is 4.89. The molecule has 0 aliphatic rings. The molecule has 250 valence electrons. The van der Waals surface area contributed by atoms with Crippen LogP contribution in [0.25, 0.3) is 0 Å². The maximum Gasteiger partial charge on any atom is 5.00 e. The zero-order valence-electron chi connectivity index (χ0n) is 23.6. The molecule has 0 bridgehead atoms. The third-order valence-corrected chi connectivity index (χ3v) is 4.59. The van der Waals surface area contributed by atoms with Crippen molar-refractivity contribution < 1.29 is 127 Å². The molecule has 0 radical (unpaired) electrons. The molecule has 0 amide bonds. The fourth-order valence-electron chi connectivity index (χ4n) is 2.12. The standard InChI is InChI=1S/3C7H9NO2.10H2O.O.Ta/c3*1-5-7(10)6(9)3-4-8(5)2;;;;;;;;;;;;/h3*3-4,10H,1-2H3;10*1H2;;/q;;;;;;;;;;;;;-2;+5/p-3. The van der Waals surface area contributed by atoms with E-state index in [1.165, 1.54) is 18.2 Å². The summed E-state index contributed by atoms with van der Waals surface area (Å²) in [4.78, 5) is 0. The van der Waals surface area contributed by atoms with Crippen molar-refractivity contribution in [2.45, 2.75) is 20.8 Å². The largest absolute Gasteiger partial charge is 5.00 e. The molecule has 0 aliphatic carbocycles. The first-order valence-electron chi connectivity index (χ1n) is 8.88. The Morgan fingerprint density at radius 1 is 0.405 bits per heavy atom. The molecule has 0 unspecified atom stereocenters. The first kappa shape index (κ1) is 77.1. The molecule has 0 aliphatic heterocycles. The minimum atomic E-state index is -0.435. The molecule has 21 heteroatoms. The van der Waals surface area contributed by atoms with Crippen molar-refractivity contribution in [1.82, 2.24) is 0 Å². The molecule has 3 rings (SSSR count). The molecule has 20 N–H and O–H groups in total. The molecular formula is C21H44N3O17Ta. The number of hydrogen-bond donors (Lipinski definition) is 0. The Bertz CT molecular complexity index is 850. The van der Waals surface area contributed by atoms with Crippen LogP contribution in [0.1, 0.15) is 17.1 Å². The van der Waals surface area contributed by atoms with Crippen LogP contribution in [0, 0.1) is 20.8 Å². The van der Waals surface area contributed by atoms with Gasteiger partial charge in [-0.3, -0.25) is 0 Å². The second-order valence-electron chi connectivity index (χ2n) is 6.62. The summed E-state index contributed by atoms with van der Waals surface area (Å²) in [6.07, 6.45) is 4.75. The Labute approximate surface area is 257 Å². The van der Waals surface area contributed by atoms with Crippen LogP contribution < -0.4 is 44.3 Å². The summed E-state index contributed by atoms with van der Waals surface area (Å²) in [6.45, 7) is 4.89. The molecule has 3 aromatic heterocycles. The molecule has 0 aromatic carbocycles. The predicted molar refractivity (Wildman–Crippen MR) is 131 cm³/mol. The maximum atomic E-state index is 10.9. The van der Waals surface area contributed by atoms with Gasteiger partial charge < -0.3 is 90.9 Å². The molecular weight excluding hydrogens is 747 g/mol. The van der Waals surface area contributed by atoms with E-state index < -0.39 is 34.5 Å². The van der Waals surface area contributed by atoms with Crippen LogP contribution in [0.15, 0.2) is 36.8 Å². The molecule has 0 spiro atoms. The third kappa shape index (κ3) is 20.4. The zero-order valence-corrected chi connectivity index (χ0v) is 26.8. The summed E-state index contributed by atoms with van der Waals surface area (Å²) in [5.41, 5.74) is 1.44. The van der Waals surface area contributed by atoms with Crippen molar-refractivity contribution in [2.75, 3.05) is 0 Å². The summed E-state index contributed by atoms with van der Waals surface area (Å²) in [5.74, 6) is -2.54. The average Bonchev–Trinajstić information content (AvgIpc) is 2.73. The smallest absolute Gasteiger partial charge is 2.00 e. The van der Waals surface area contributed by atoms with Crippen molar-refractivity contribution in [3.8, 4) is 34.5 Å². The Balaban J connectivity index is -0.0000000281. The number of hydrogen-bond acceptors (Lipinski definition) is 6. The van der Waals surface area contributed by atoms with E-state index in [1.54, 1.807) is 74.2 Å². The first-order chi connectivity index (χ1) is 13.9. The number of rotatable bonds is 0. The monoisotopic (exact) mass is 791 g/mol. The van der Waals surface area contributed by atoms with Gasteiger partial charge in [0, 0.05) is 20.8 Å². The Hall–Kier alpha value is -3.45. The number of pyridine rings is 3. The zero-order chi connectivity index (χ0) is 23.2. The van der Waals surface area contributed by atoms with Gasteiger partial charge in [0.1, 0.15) is 21.1 Å². The van der Waals surface area contributed by atoms with Crippen molar-refractivity contribution in [3.05, 3.63) is 53.9 Å². The fraction of sp³-hybridized carbons (Fsp3) is 0.286. The van der Waals surface area contributed by atoms with Crippen molar-refractivity contribution in [1.29, 1.82) is 0 Å². The van der Waals surface area contributed by atoms with E-state index in [0.29, 0.717) is 17.1 Å². The van der Waals surface area contributed by atoms with Gasteiger partial charge in [0.2, 0.25) is 0 Å². The van der Waals surface area contributed by atoms with Gasteiger partial charge >= 0.3 is 22.4 Å². The van der Waals surface area contributed by atoms with Crippen LogP contribution in [0.4, 0.5) is 0 Å². The molecule has 3 aromatic rings. The van der Waals surface area contributed by atoms with Crippen LogP contribution >= 0.6 is 0 Å². The molecule has 3 heterocycles. The van der Waals surface area contributed by atoms with E-state index in [-0.39, 0.29) is 82.6 Å². The summed E-state index contributed by atoms with van der Waals surface area (Å²) in [5, 5.41) is 64.6. The van der Waals surface area contributed by atoms with Crippen LogP contribution in [-0.2, 0) is 49.0 Å². The average molecular weight is 792 g/mol. The summed E-state index contributed by atoms with van der Waals surface area (Å²) >= 11 is 0. The molecule has 0 atom stereocenters. The van der Waals surface area contributed by atoms with Crippen molar-refractivity contribution in [2.24, 2.45) is 21.1 Å². The molecule has 0 saturated heterocycles. The van der Waals surface area contributed by atoms with Crippen LogP contribution in [0.3, 0.4) is 0 Å². The molecule has 0 saturated carbocycles. The fourth-order valence-corrected chi connectivity index (χ4v) is 2.12. The SMILES string of the molecule is Cc1c([O-])c([O-])cc[n+]1C.Cc1c([O-])c([O-])cc[n+]1C.Cc1c([O-])c([O-])cc[n+]1C.O.O.O.O.O.O.O.O.O.O.[O-2].[Ta+5]. The van der Waals surface area contributed by atoms with Crippen LogP contribution in [0.5, 0.6) is 34.5 Å².